The van der Waals surface area contributed by atoms with E-state index in [9.17, 15) is 8.42 Å². The fraction of sp³-hybridized carbons (Fsp3) is 0.917. The second-order valence-corrected chi connectivity index (χ2v) is 5.98. The van der Waals surface area contributed by atoms with Gasteiger partial charge in [0.25, 0.3) is 0 Å². The molecule has 0 N–H and O–H groups in total. The van der Waals surface area contributed by atoms with Crippen molar-refractivity contribution in [2.75, 3.05) is 39.5 Å². The Labute approximate surface area is 116 Å². The predicted molar refractivity (Wildman–Crippen MR) is 73.2 cm³/mol. The van der Waals surface area contributed by atoms with Crippen LogP contribution in [0.4, 0.5) is 0 Å². The number of hydrogen-bond acceptors (Lipinski definition) is 5. The largest absolute Gasteiger partial charge is 0.380 e. The van der Waals surface area contributed by atoms with Crippen molar-refractivity contribution in [3.05, 3.63) is 0 Å². The van der Waals surface area contributed by atoms with Crippen LogP contribution in [0.2, 0.25) is 0 Å². The predicted octanol–water partition coefficient (Wildman–Crippen LogP) is 0.993. The van der Waals surface area contributed by atoms with Crippen LogP contribution in [0, 0.1) is 11.3 Å². The van der Waals surface area contributed by atoms with Gasteiger partial charge in [-0.2, -0.15) is 9.57 Å². The van der Waals surface area contributed by atoms with Crippen molar-refractivity contribution >= 4 is 10.0 Å². The van der Waals surface area contributed by atoms with E-state index in [4.69, 9.17) is 14.7 Å². The van der Waals surface area contributed by atoms with Crippen molar-refractivity contribution in [1.29, 1.82) is 5.26 Å². The Balaban J connectivity index is 4.73. The molecule has 0 saturated heterocycles. The van der Waals surface area contributed by atoms with Crippen molar-refractivity contribution in [1.82, 2.24) is 4.31 Å². The molecule has 6 nitrogen and oxygen atoms in total. The summed E-state index contributed by atoms with van der Waals surface area (Å²) in [6.07, 6.45) is 0.276. The summed E-state index contributed by atoms with van der Waals surface area (Å²) in [6.45, 7) is 7.61. The molecule has 0 amide bonds. The van der Waals surface area contributed by atoms with Crippen molar-refractivity contribution in [3.8, 4) is 6.07 Å². The molecular weight excluding hydrogens is 268 g/mol. The number of nitriles is 1. The van der Waals surface area contributed by atoms with Crippen molar-refractivity contribution < 1.29 is 17.9 Å². The normalized spacial score (nSPS) is 13.4. The first-order valence-electron chi connectivity index (χ1n) is 6.58. The summed E-state index contributed by atoms with van der Waals surface area (Å²) in [7, 11) is -3.61. The minimum Gasteiger partial charge on any atom is -0.380 e. The van der Waals surface area contributed by atoms with E-state index in [1.54, 1.807) is 6.92 Å². The van der Waals surface area contributed by atoms with E-state index in [2.05, 4.69) is 0 Å². The van der Waals surface area contributed by atoms with Gasteiger partial charge in [0.2, 0.25) is 10.0 Å². The van der Waals surface area contributed by atoms with Gasteiger partial charge in [0.1, 0.15) is 0 Å². The highest BCUT2D eigenvalue weighted by Gasteiger charge is 2.30. The highest BCUT2D eigenvalue weighted by Crippen LogP contribution is 2.11. The van der Waals surface area contributed by atoms with Crippen LogP contribution in [0.25, 0.3) is 0 Å². The van der Waals surface area contributed by atoms with Gasteiger partial charge in [0, 0.05) is 26.3 Å². The molecule has 0 aliphatic rings. The van der Waals surface area contributed by atoms with E-state index in [1.165, 1.54) is 4.31 Å². The highest BCUT2D eigenvalue weighted by atomic mass is 32.2. The molecule has 0 spiro atoms. The number of ether oxygens (including phenoxy) is 2. The maximum Gasteiger partial charge on any atom is 0.230 e. The second-order valence-electron chi connectivity index (χ2n) is 3.86. The summed E-state index contributed by atoms with van der Waals surface area (Å²) in [6, 6.07) is 1.84. The average molecular weight is 292 g/mol. The van der Waals surface area contributed by atoms with Gasteiger partial charge in [-0.3, -0.25) is 0 Å². The fourth-order valence-electron chi connectivity index (χ4n) is 1.54. The third-order valence-electron chi connectivity index (χ3n) is 2.61. The van der Waals surface area contributed by atoms with E-state index in [1.807, 2.05) is 19.9 Å². The summed E-state index contributed by atoms with van der Waals surface area (Å²) in [5, 5.41) is 7.93. The summed E-state index contributed by atoms with van der Waals surface area (Å²) in [5.41, 5.74) is 0. The van der Waals surface area contributed by atoms with Crippen LogP contribution in [-0.4, -0.2) is 57.5 Å². The van der Waals surface area contributed by atoms with E-state index >= 15 is 0 Å². The smallest absolute Gasteiger partial charge is 0.230 e. The Kier molecular flexibility index (Phi) is 9.79. The maximum atomic E-state index is 12.3. The monoisotopic (exact) mass is 292 g/mol. The van der Waals surface area contributed by atoms with Crippen molar-refractivity contribution in [2.24, 2.45) is 0 Å². The first-order chi connectivity index (χ1) is 9.04. The molecule has 7 heteroatoms. The van der Waals surface area contributed by atoms with Crippen molar-refractivity contribution in [2.45, 2.75) is 32.4 Å². The third kappa shape index (κ3) is 6.34. The molecule has 0 aliphatic carbocycles. The van der Waals surface area contributed by atoms with Crippen LogP contribution in [-0.2, 0) is 19.5 Å². The van der Waals surface area contributed by atoms with E-state index in [0.717, 1.165) is 0 Å². The molecule has 0 rings (SSSR count). The Morgan fingerprint density at radius 3 is 1.89 bits per heavy atom. The number of sulfonamides is 1. The minimum atomic E-state index is -3.61. The maximum absolute atomic E-state index is 12.3. The molecule has 0 aliphatic heterocycles. The minimum absolute atomic E-state index is 0.251. The quantitative estimate of drug-likeness (QED) is 0.531. The SMILES string of the molecule is CCOCCN(CCOCC)S(=O)(=O)C(C#N)CC. The lowest BCUT2D eigenvalue weighted by molar-refractivity contribution is 0.110. The van der Waals surface area contributed by atoms with Crippen LogP contribution < -0.4 is 0 Å². The van der Waals surface area contributed by atoms with Gasteiger partial charge < -0.3 is 9.47 Å². The molecule has 112 valence electrons. The Morgan fingerprint density at radius 2 is 1.58 bits per heavy atom. The van der Waals surface area contributed by atoms with Crippen LogP contribution in [0.15, 0.2) is 0 Å². The van der Waals surface area contributed by atoms with E-state index < -0.39 is 15.3 Å². The molecule has 0 aromatic carbocycles. The molecule has 1 atom stereocenters. The molecule has 0 aromatic rings. The zero-order valence-electron chi connectivity index (χ0n) is 12.0. The number of nitrogens with zero attached hydrogens (tertiary/aromatic N) is 2. The van der Waals surface area contributed by atoms with Crippen LogP contribution in [0.1, 0.15) is 27.2 Å². The Morgan fingerprint density at radius 1 is 1.11 bits per heavy atom. The first-order valence-corrected chi connectivity index (χ1v) is 8.08. The van der Waals surface area contributed by atoms with Crippen LogP contribution in [0.5, 0.6) is 0 Å². The summed E-state index contributed by atoms with van der Waals surface area (Å²) in [4.78, 5) is 0. The van der Waals surface area contributed by atoms with Crippen LogP contribution >= 0.6 is 0 Å². The number of hydrogen-bond donors (Lipinski definition) is 0. The molecule has 0 heterocycles. The lowest BCUT2D eigenvalue weighted by Crippen LogP contribution is -2.41. The summed E-state index contributed by atoms with van der Waals surface area (Å²) < 4.78 is 36.2. The Hall–Kier alpha value is -0.680. The Bertz CT molecular complexity index is 354. The van der Waals surface area contributed by atoms with Gasteiger partial charge in [0.05, 0.1) is 19.3 Å². The van der Waals surface area contributed by atoms with Gasteiger partial charge in [-0.1, -0.05) is 6.92 Å². The average Bonchev–Trinajstić information content (AvgIpc) is 2.38. The van der Waals surface area contributed by atoms with Crippen LogP contribution in [0.3, 0.4) is 0 Å². The second kappa shape index (κ2) is 10.1. The van der Waals surface area contributed by atoms with Gasteiger partial charge in [-0.15, -0.1) is 0 Å². The topological polar surface area (TPSA) is 79.6 Å². The van der Waals surface area contributed by atoms with Gasteiger partial charge in [-0.05, 0) is 20.3 Å². The molecule has 0 saturated carbocycles. The highest BCUT2D eigenvalue weighted by molar-refractivity contribution is 7.90. The number of rotatable bonds is 11. The molecule has 19 heavy (non-hydrogen) atoms. The van der Waals surface area contributed by atoms with Gasteiger partial charge >= 0.3 is 0 Å². The fourth-order valence-corrected chi connectivity index (χ4v) is 3.11. The summed E-state index contributed by atoms with van der Waals surface area (Å²) >= 11 is 0. The zero-order chi connectivity index (χ0) is 14.7. The first kappa shape index (κ1) is 18.3. The molecule has 0 radical (unpaired) electrons. The van der Waals surface area contributed by atoms with E-state index in [0.29, 0.717) is 26.4 Å². The molecular formula is C12H24N2O4S. The molecule has 0 aromatic heterocycles. The third-order valence-corrected chi connectivity index (χ3v) is 4.86. The van der Waals surface area contributed by atoms with Gasteiger partial charge in [-0.25, -0.2) is 8.42 Å². The molecule has 0 bridgehead atoms. The zero-order valence-corrected chi connectivity index (χ0v) is 12.8. The lowest BCUT2D eigenvalue weighted by Gasteiger charge is -2.24. The standard InChI is InChI=1S/C12H24N2O4S/c1-4-12(11-13)19(15,16)14(7-9-17-5-2)8-10-18-6-3/h12H,4-10H2,1-3H3. The molecule has 0 fully saturated rings. The van der Waals surface area contributed by atoms with E-state index in [-0.39, 0.29) is 19.5 Å². The molecule has 1 unspecified atom stereocenters. The lowest BCUT2D eigenvalue weighted by atomic mass is 10.4. The van der Waals surface area contributed by atoms with Crippen molar-refractivity contribution in [3.63, 3.8) is 0 Å². The van der Waals surface area contributed by atoms with Gasteiger partial charge in [0.15, 0.2) is 5.25 Å². The summed E-state index contributed by atoms with van der Waals surface area (Å²) in [5.74, 6) is 0.